The number of ketones is 1. The molecule has 0 saturated heterocycles. The molecular weight excluding hydrogens is 274 g/mol. The Bertz CT molecular complexity index is 607. The number of Topliss-reactive ketones (excluding diaryl/α,β-unsaturated/α-hetero) is 1. The summed E-state index contributed by atoms with van der Waals surface area (Å²) < 4.78 is 4.94. The summed E-state index contributed by atoms with van der Waals surface area (Å²) in [5, 5.41) is 2.33. The lowest BCUT2D eigenvalue weighted by molar-refractivity contribution is -0.147. The maximum Gasteiger partial charge on any atom is 0.323 e. The SMILES string of the molecule is CCOC(=O)C(C(C)=O)c1nc(-c2ccccc2)cs1. The molecule has 0 aliphatic carbocycles. The maximum atomic E-state index is 11.9. The summed E-state index contributed by atoms with van der Waals surface area (Å²) in [4.78, 5) is 27.9. The van der Waals surface area contributed by atoms with Crippen LogP contribution in [0.1, 0.15) is 24.8 Å². The van der Waals surface area contributed by atoms with Crippen molar-refractivity contribution >= 4 is 23.1 Å². The van der Waals surface area contributed by atoms with Gasteiger partial charge in [-0.25, -0.2) is 4.98 Å². The molecule has 1 heterocycles. The molecule has 0 aliphatic heterocycles. The van der Waals surface area contributed by atoms with Crippen LogP contribution in [0, 0.1) is 0 Å². The van der Waals surface area contributed by atoms with Crippen molar-refractivity contribution < 1.29 is 14.3 Å². The Morgan fingerprint density at radius 2 is 2.00 bits per heavy atom. The Labute approximate surface area is 121 Å². The van der Waals surface area contributed by atoms with E-state index < -0.39 is 11.9 Å². The zero-order valence-electron chi connectivity index (χ0n) is 11.3. The van der Waals surface area contributed by atoms with Crippen molar-refractivity contribution in [2.24, 2.45) is 0 Å². The number of aromatic nitrogens is 1. The summed E-state index contributed by atoms with van der Waals surface area (Å²) >= 11 is 1.30. The van der Waals surface area contributed by atoms with Gasteiger partial charge in [-0.1, -0.05) is 30.3 Å². The number of carbonyl (C=O) groups is 2. The second kappa shape index (κ2) is 6.43. The first-order valence-electron chi connectivity index (χ1n) is 6.31. The zero-order chi connectivity index (χ0) is 14.5. The molecule has 20 heavy (non-hydrogen) atoms. The first kappa shape index (κ1) is 14.4. The number of rotatable bonds is 5. The van der Waals surface area contributed by atoms with Crippen LogP contribution < -0.4 is 0 Å². The molecule has 1 unspecified atom stereocenters. The van der Waals surface area contributed by atoms with Crippen LogP contribution in [-0.4, -0.2) is 23.3 Å². The second-order valence-electron chi connectivity index (χ2n) is 4.23. The lowest BCUT2D eigenvalue weighted by Gasteiger charge is -2.09. The van der Waals surface area contributed by atoms with Gasteiger partial charge in [0.15, 0.2) is 11.7 Å². The van der Waals surface area contributed by atoms with E-state index in [1.165, 1.54) is 18.3 Å². The standard InChI is InChI=1S/C15H15NO3S/c1-3-19-15(18)13(10(2)17)14-16-12(9-20-14)11-7-5-4-6-8-11/h4-9,13H,3H2,1-2H3. The molecule has 2 aromatic rings. The number of hydrogen-bond donors (Lipinski definition) is 0. The number of carbonyl (C=O) groups excluding carboxylic acids is 2. The highest BCUT2D eigenvalue weighted by Crippen LogP contribution is 2.27. The number of esters is 1. The highest BCUT2D eigenvalue weighted by Gasteiger charge is 2.29. The van der Waals surface area contributed by atoms with Crippen molar-refractivity contribution in [2.45, 2.75) is 19.8 Å². The number of hydrogen-bond acceptors (Lipinski definition) is 5. The van der Waals surface area contributed by atoms with Gasteiger partial charge in [0.2, 0.25) is 0 Å². The minimum atomic E-state index is -0.919. The van der Waals surface area contributed by atoms with Gasteiger partial charge in [0.25, 0.3) is 0 Å². The van der Waals surface area contributed by atoms with E-state index in [1.807, 2.05) is 35.7 Å². The van der Waals surface area contributed by atoms with Crippen LogP contribution in [0.3, 0.4) is 0 Å². The van der Waals surface area contributed by atoms with Crippen molar-refractivity contribution in [3.05, 3.63) is 40.7 Å². The maximum absolute atomic E-state index is 11.9. The van der Waals surface area contributed by atoms with Crippen molar-refractivity contribution in [3.63, 3.8) is 0 Å². The van der Waals surface area contributed by atoms with Crippen LogP contribution in [0.2, 0.25) is 0 Å². The van der Waals surface area contributed by atoms with E-state index in [0.717, 1.165) is 11.3 Å². The quantitative estimate of drug-likeness (QED) is 0.627. The summed E-state index contributed by atoms with van der Waals surface area (Å²) in [6, 6.07) is 9.63. The Hall–Kier alpha value is -2.01. The molecule has 1 aromatic heterocycles. The molecular formula is C15H15NO3S. The topological polar surface area (TPSA) is 56.3 Å². The Morgan fingerprint density at radius 3 is 2.60 bits per heavy atom. The van der Waals surface area contributed by atoms with Gasteiger partial charge in [0.05, 0.1) is 12.3 Å². The molecule has 0 N–H and O–H groups in total. The average molecular weight is 289 g/mol. The molecule has 1 atom stereocenters. The smallest absolute Gasteiger partial charge is 0.323 e. The van der Waals surface area contributed by atoms with Gasteiger partial charge in [0.1, 0.15) is 5.01 Å². The Balaban J connectivity index is 2.30. The predicted molar refractivity (Wildman–Crippen MR) is 77.6 cm³/mol. The predicted octanol–water partition coefficient (Wildman–Crippen LogP) is 3.05. The Kier molecular flexibility index (Phi) is 4.63. The summed E-state index contributed by atoms with van der Waals surface area (Å²) in [5.74, 6) is -1.70. The van der Waals surface area contributed by atoms with Crippen LogP contribution in [0.25, 0.3) is 11.3 Å². The highest BCUT2D eigenvalue weighted by atomic mass is 32.1. The molecule has 1 aromatic carbocycles. The number of thiazole rings is 1. The van der Waals surface area contributed by atoms with E-state index >= 15 is 0 Å². The van der Waals surface area contributed by atoms with Gasteiger partial charge in [-0.2, -0.15) is 0 Å². The molecule has 0 saturated carbocycles. The fraction of sp³-hybridized carbons (Fsp3) is 0.267. The number of benzene rings is 1. The monoisotopic (exact) mass is 289 g/mol. The van der Waals surface area contributed by atoms with E-state index in [2.05, 4.69) is 4.98 Å². The van der Waals surface area contributed by atoms with Gasteiger partial charge >= 0.3 is 5.97 Å². The van der Waals surface area contributed by atoms with Crippen LogP contribution in [-0.2, 0) is 14.3 Å². The summed E-state index contributed by atoms with van der Waals surface area (Å²) in [6.07, 6.45) is 0. The molecule has 0 fully saturated rings. The van der Waals surface area contributed by atoms with Crippen LogP contribution >= 0.6 is 11.3 Å². The van der Waals surface area contributed by atoms with Crippen molar-refractivity contribution in [1.29, 1.82) is 0 Å². The van der Waals surface area contributed by atoms with E-state index in [1.54, 1.807) is 6.92 Å². The summed E-state index contributed by atoms with van der Waals surface area (Å²) in [6.45, 7) is 3.34. The molecule has 0 amide bonds. The van der Waals surface area contributed by atoms with Crippen LogP contribution in [0.15, 0.2) is 35.7 Å². The highest BCUT2D eigenvalue weighted by molar-refractivity contribution is 7.10. The summed E-state index contributed by atoms with van der Waals surface area (Å²) in [7, 11) is 0. The number of ether oxygens (including phenoxy) is 1. The minimum absolute atomic E-state index is 0.250. The average Bonchev–Trinajstić information content (AvgIpc) is 2.89. The third kappa shape index (κ3) is 3.11. The normalized spacial score (nSPS) is 11.9. The van der Waals surface area contributed by atoms with Gasteiger partial charge in [-0.3, -0.25) is 9.59 Å². The minimum Gasteiger partial charge on any atom is -0.465 e. The molecule has 0 bridgehead atoms. The van der Waals surface area contributed by atoms with Gasteiger partial charge < -0.3 is 4.74 Å². The fourth-order valence-electron chi connectivity index (χ4n) is 1.83. The fourth-order valence-corrected chi connectivity index (χ4v) is 2.80. The number of nitrogens with zero attached hydrogens (tertiary/aromatic N) is 1. The van der Waals surface area contributed by atoms with Crippen molar-refractivity contribution in [1.82, 2.24) is 4.98 Å². The van der Waals surface area contributed by atoms with Crippen LogP contribution in [0.5, 0.6) is 0 Å². The van der Waals surface area contributed by atoms with Gasteiger partial charge in [0, 0.05) is 10.9 Å². The third-order valence-electron chi connectivity index (χ3n) is 2.77. The first-order valence-corrected chi connectivity index (χ1v) is 7.19. The lowest BCUT2D eigenvalue weighted by Crippen LogP contribution is -2.22. The molecule has 4 nitrogen and oxygen atoms in total. The molecule has 0 aliphatic rings. The molecule has 0 radical (unpaired) electrons. The molecule has 2 rings (SSSR count). The first-order chi connectivity index (χ1) is 9.63. The van der Waals surface area contributed by atoms with Crippen LogP contribution in [0.4, 0.5) is 0 Å². The summed E-state index contributed by atoms with van der Waals surface area (Å²) in [5.41, 5.74) is 1.72. The third-order valence-corrected chi connectivity index (χ3v) is 3.68. The van der Waals surface area contributed by atoms with E-state index in [9.17, 15) is 9.59 Å². The van der Waals surface area contributed by atoms with Gasteiger partial charge in [-0.15, -0.1) is 11.3 Å². The molecule has 0 spiro atoms. The largest absolute Gasteiger partial charge is 0.465 e. The lowest BCUT2D eigenvalue weighted by atomic mass is 10.1. The molecule has 104 valence electrons. The van der Waals surface area contributed by atoms with Crippen molar-refractivity contribution in [2.75, 3.05) is 6.61 Å². The van der Waals surface area contributed by atoms with E-state index in [-0.39, 0.29) is 12.4 Å². The molecule has 5 heteroatoms. The van der Waals surface area contributed by atoms with E-state index in [0.29, 0.717) is 5.01 Å². The second-order valence-corrected chi connectivity index (χ2v) is 5.12. The zero-order valence-corrected chi connectivity index (χ0v) is 12.1. The van der Waals surface area contributed by atoms with Gasteiger partial charge in [-0.05, 0) is 13.8 Å². The Morgan fingerprint density at radius 1 is 1.30 bits per heavy atom. The van der Waals surface area contributed by atoms with E-state index in [4.69, 9.17) is 4.74 Å². The van der Waals surface area contributed by atoms with Crippen molar-refractivity contribution in [3.8, 4) is 11.3 Å².